The lowest BCUT2D eigenvalue weighted by Gasteiger charge is -2.19. The Bertz CT molecular complexity index is 816. The number of hydrogen-bond acceptors (Lipinski definition) is 6. The van der Waals surface area contributed by atoms with Gasteiger partial charge in [-0.2, -0.15) is 0 Å². The smallest absolute Gasteiger partial charge is 0.252 e. The molecule has 0 bridgehead atoms. The second-order valence-corrected chi connectivity index (χ2v) is 10.4. The van der Waals surface area contributed by atoms with Gasteiger partial charge >= 0.3 is 0 Å². The van der Waals surface area contributed by atoms with E-state index in [1.54, 1.807) is 52.0 Å². The first-order valence-corrected chi connectivity index (χ1v) is 11.6. The zero-order valence-corrected chi connectivity index (χ0v) is 19.2. The fourth-order valence-electron chi connectivity index (χ4n) is 2.33. The third kappa shape index (κ3) is 8.02. The molecular weight excluding hydrogens is 420 g/mol. The fourth-order valence-corrected chi connectivity index (χ4v) is 4.69. The topological polar surface area (TPSA) is 98.7 Å². The quantitative estimate of drug-likeness (QED) is 0.439. The summed E-state index contributed by atoms with van der Waals surface area (Å²) in [5.74, 6) is -0.533. The maximum absolute atomic E-state index is 12.5. The molecule has 0 saturated carbocycles. The van der Waals surface area contributed by atoms with E-state index in [-0.39, 0.29) is 24.9 Å². The molecule has 2 aromatic rings. The summed E-state index contributed by atoms with van der Waals surface area (Å²) in [6.45, 7) is 6.80. The van der Waals surface area contributed by atoms with Gasteiger partial charge < -0.3 is 20.8 Å². The van der Waals surface area contributed by atoms with Gasteiger partial charge in [0.2, 0.25) is 0 Å². The van der Waals surface area contributed by atoms with Crippen LogP contribution >= 0.6 is 21.6 Å². The van der Waals surface area contributed by atoms with E-state index in [0.717, 1.165) is 9.79 Å². The van der Waals surface area contributed by atoms with Gasteiger partial charge in [0.25, 0.3) is 11.8 Å². The van der Waals surface area contributed by atoms with Crippen molar-refractivity contribution in [2.24, 2.45) is 0 Å². The number of carbonyl (C=O) groups is 2. The first-order valence-electron chi connectivity index (χ1n) is 9.50. The maximum Gasteiger partial charge on any atom is 0.252 e. The molecule has 2 rings (SSSR count). The van der Waals surface area contributed by atoms with Gasteiger partial charge in [-0.1, -0.05) is 45.9 Å². The molecule has 0 saturated heterocycles. The van der Waals surface area contributed by atoms with E-state index in [1.165, 1.54) is 21.6 Å². The predicted molar refractivity (Wildman–Crippen MR) is 122 cm³/mol. The molecule has 0 heterocycles. The van der Waals surface area contributed by atoms with Crippen LogP contribution in [-0.2, 0) is 0 Å². The first kappa shape index (κ1) is 24.3. The van der Waals surface area contributed by atoms with E-state index in [0.29, 0.717) is 11.1 Å². The molecule has 0 spiro atoms. The van der Waals surface area contributed by atoms with Crippen LogP contribution in [0.3, 0.4) is 0 Å². The van der Waals surface area contributed by atoms with Crippen LogP contribution in [0.15, 0.2) is 58.3 Å². The molecule has 0 fully saturated rings. The lowest BCUT2D eigenvalue weighted by atomic mass is 10.1. The lowest BCUT2D eigenvalue weighted by molar-refractivity contribution is 0.0693. The minimum atomic E-state index is -0.998. The Morgan fingerprint density at radius 2 is 1.07 bits per heavy atom. The van der Waals surface area contributed by atoms with Crippen molar-refractivity contribution in [1.29, 1.82) is 0 Å². The van der Waals surface area contributed by atoms with Crippen molar-refractivity contribution >= 4 is 33.4 Å². The van der Waals surface area contributed by atoms with E-state index < -0.39 is 11.2 Å². The number of nitrogens with one attached hydrogen (secondary N) is 2. The molecule has 6 nitrogen and oxygen atoms in total. The van der Waals surface area contributed by atoms with Crippen LogP contribution in [0.4, 0.5) is 0 Å². The minimum Gasteiger partial charge on any atom is -0.389 e. The summed E-state index contributed by atoms with van der Waals surface area (Å²) in [5.41, 5.74) is -0.990. The van der Waals surface area contributed by atoms with Crippen molar-refractivity contribution in [3.8, 4) is 0 Å². The summed E-state index contributed by atoms with van der Waals surface area (Å²) in [5, 5.41) is 25.1. The first-order chi connectivity index (χ1) is 14.0. The summed E-state index contributed by atoms with van der Waals surface area (Å²) >= 11 is 0. The van der Waals surface area contributed by atoms with E-state index in [4.69, 9.17) is 0 Å². The zero-order chi connectivity index (χ0) is 22.4. The molecular formula is C22H28N2O4S2. The summed E-state index contributed by atoms with van der Waals surface area (Å²) in [7, 11) is 2.76. The summed E-state index contributed by atoms with van der Waals surface area (Å²) in [4.78, 5) is 26.6. The van der Waals surface area contributed by atoms with Crippen molar-refractivity contribution in [2.45, 2.75) is 48.7 Å². The van der Waals surface area contributed by atoms with Gasteiger partial charge in [-0.05, 0) is 52.0 Å². The zero-order valence-electron chi connectivity index (χ0n) is 17.6. The Morgan fingerprint density at radius 3 is 1.40 bits per heavy atom. The molecule has 0 unspecified atom stereocenters. The summed E-state index contributed by atoms with van der Waals surface area (Å²) in [6, 6.07) is 14.4. The van der Waals surface area contributed by atoms with Crippen molar-refractivity contribution in [1.82, 2.24) is 10.6 Å². The van der Waals surface area contributed by atoms with Crippen LogP contribution < -0.4 is 10.6 Å². The van der Waals surface area contributed by atoms with Gasteiger partial charge in [0.15, 0.2) is 0 Å². The molecule has 8 heteroatoms. The van der Waals surface area contributed by atoms with Crippen molar-refractivity contribution in [3.05, 3.63) is 59.7 Å². The summed E-state index contributed by atoms with van der Waals surface area (Å²) in [6.07, 6.45) is 0. The highest BCUT2D eigenvalue weighted by molar-refractivity contribution is 8.76. The van der Waals surface area contributed by atoms with Crippen molar-refractivity contribution in [2.75, 3.05) is 13.1 Å². The third-order valence-corrected chi connectivity index (χ3v) is 6.33. The molecule has 2 aromatic carbocycles. The van der Waals surface area contributed by atoms with Crippen LogP contribution in [0.5, 0.6) is 0 Å². The van der Waals surface area contributed by atoms with Gasteiger partial charge in [-0.25, -0.2) is 0 Å². The molecule has 0 radical (unpaired) electrons. The molecule has 0 aliphatic rings. The largest absolute Gasteiger partial charge is 0.389 e. The van der Waals surface area contributed by atoms with Gasteiger partial charge in [0.1, 0.15) is 0 Å². The number of hydrogen-bond donors (Lipinski definition) is 4. The van der Waals surface area contributed by atoms with Crippen molar-refractivity contribution < 1.29 is 19.8 Å². The van der Waals surface area contributed by atoms with Crippen LogP contribution in [0.1, 0.15) is 48.4 Å². The Kier molecular flexibility index (Phi) is 8.37. The highest BCUT2D eigenvalue weighted by Gasteiger charge is 2.19. The normalized spacial score (nSPS) is 11.8. The Morgan fingerprint density at radius 1 is 0.733 bits per heavy atom. The SMILES string of the molecule is CC(C)(O)CNC(=O)c1ccccc1SSc1ccccc1C(=O)NCC(C)(C)O. The summed E-state index contributed by atoms with van der Waals surface area (Å²) < 4.78 is 0. The van der Waals surface area contributed by atoms with Gasteiger partial charge in [-0.3, -0.25) is 9.59 Å². The second-order valence-electron chi connectivity index (χ2n) is 8.15. The highest BCUT2D eigenvalue weighted by atomic mass is 33.1. The number of amides is 2. The molecule has 0 aliphatic heterocycles. The van der Waals surface area contributed by atoms with Crippen LogP contribution in [0.25, 0.3) is 0 Å². The van der Waals surface area contributed by atoms with Crippen molar-refractivity contribution in [3.63, 3.8) is 0 Å². The molecule has 4 N–H and O–H groups in total. The Hall–Kier alpha value is -2.00. The van der Waals surface area contributed by atoms with Crippen LogP contribution in [0.2, 0.25) is 0 Å². The molecule has 0 aromatic heterocycles. The molecule has 0 atom stereocenters. The van der Waals surface area contributed by atoms with Crippen LogP contribution in [0, 0.1) is 0 Å². The van der Waals surface area contributed by atoms with Gasteiger partial charge in [0.05, 0.1) is 22.3 Å². The lowest BCUT2D eigenvalue weighted by Crippen LogP contribution is -2.38. The number of carbonyl (C=O) groups excluding carboxylic acids is 2. The number of aliphatic hydroxyl groups is 2. The van der Waals surface area contributed by atoms with Gasteiger partial charge in [-0.15, -0.1) is 0 Å². The average molecular weight is 449 g/mol. The minimum absolute atomic E-state index is 0.141. The van der Waals surface area contributed by atoms with E-state index in [2.05, 4.69) is 10.6 Å². The number of benzene rings is 2. The van der Waals surface area contributed by atoms with E-state index in [9.17, 15) is 19.8 Å². The Labute approximate surface area is 185 Å². The molecule has 162 valence electrons. The monoisotopic (exact) mass is 448 g/mol. The third-order valence-electron chi connectivity index (χ3n) is 3.85. The number of rotatable bonds is 9. The second kappa shape index (κ2) is 10.3. The fraction of sp³-hybridized carbons (Fsp3) is 0.364. The molecule has 30 heavy (non-hydrogen) atoms. The van der Waals surface area contributed by atoms with E-state index >= 15 is 0 Å². The predicted octanol–water partition coefficient (Wildman–Crippen LogP) is 3.49. The van der Waals surface area contributed by atoms with E-state index in [1.807, 2.05) is 24.3 Å². The van der Waals surface area contributed by atoms with Crippen LogP contribution in [-0.4, -0.2) is 46.3 Å². The van der Waals surface area contributed by atoms with Gasteiger partial charge in [0, 0.05) is 22.9 Å². The standard InChI is InChI=1S/C22H28N2O4S2/c1-21(2,27)13-23-19(25)15-9-5-7-11-17(15)29-30-18-12-8-6-10-16(18)20(26)24-14-22(3,4)28/h5-12,27-28H,13-14H2,1-4H3,(H,23,25)(H,24,26). The molecule has 2 amide bonds. The Balaban J connectivity index is 2.12. The maximum atomic E-state index is 12.5. The highest BCUT2D eigenvalue weighted by Crippen LogP contribution is 2.40. The molecule has 0 aliphatic carbocycles. The average Bonchev–Trinajstić information content (AvgIpc) is 2.68.